The molecular weight excluding hydrogens is 472 g/mol. The van der Waals surface area contributed by atoms with Crippen LogP contribution in [-0.2, 0) is 12.8 Å². The number of hydrogen-bond donors (Lipinski definition) is 1. The normalized spacial score (nSPS) is 14.0. The fraction of sp³-hybridized carbons (Fsp3) is 0.280. The summed E-state index contributed by atoms with van der Waals surface area (Å²) in [6.45, 7) is 0. The van der Waals surface area contributed by atoms with Crippen molar-refractivity contribution in [3.05, 3.63) is 74.6 Å². The molecule has 0 atom stereocenters. The molecule has 4 nitrogen and oxygen atoms in total. The van der Waals surface area contributed by atoms with Gasteiger partial charge in [-0.15, -0.1) is 11.3 Å². The Balaban J connectivity index is 1.69. The Morgan fingerprint density at radius 3 is 2.61 bits per heavy atom. The van der Waals surface area contributed by atoms with E-state index in [0.29, 0.717) is 0 Å². The number of aryl methyl sites for hydroxylation is 1. The van der Waals surface area contributed by atoms with Gasteiger partial charge in [0.25, 0.3) is 5.91 Å². The van der Waals surface area contributed by atoms with E-state index in [-0.39, 0.29) is 5.91 Å². The monoisotopic (exact) mass is 496 g/mol. The molecule has 0 bridgehead atoms. The third kappa shape index (κ3) is 5.25. The van der Waals surface area contributed by atoms with Crippen LogP contribution in [0, 0.1) is 0 Å². The molecule has 31 heavy (non-hydrogen) atoms. The van der Waals surface area contributed by atoms with Crippen molar-refractivity contribution in [3.8, 4) is 5.75 Å². The third-order valence-electron chi connectivity index (χ3n) is 5.42. The number of halogens is 1. The van der Waals surface area contributed by atoms with E-state index in [1.54, 1.807) is 18.4 Å². The van der Waals surface area contributed by atoms with E-state index >= 15 is 0 Å². The maximum absolute atomic E-state index is 13.3. The maximum atomic E-state index is 13.3. The molecule has 0 saturated heterocycles. The predicted octanol–water partition coefficient (Wildman–Crippen LogP) is 7.18. The molecule has 0 unspecified atom stereocenters. The first-order chi connectivity index (χ1) is 15.2. The number of nitrogens with zero attached hydrogens (tertiary/aromatic N) is 1. The lowest BCUT2D eigenvalue weighted by atomic mass is 9.96. The Hall–Kier alpha value is -2.44. The molecule has 4 rings (SSSR count). The summed E-state index contributed by atoms with van der Waals surface area (Å²) in [6, 6.07) is 15.4. The molecule has 1 N–H and O–H groups in total. The van der Waals surface area contributed by atoms with Gasteiger partial charge in [0.2, 0.25) is 0 Å². The Bertz CT molecular complexity index is 1090. The molecule has 0 fully saturated rings. The van der Waals surface area contributed by atoms with E-state index < -0.39 is 0 Å². The Morgan fingerprint density at radius 2 is 1.87 bits per heavy atom. The molecule has 1 aliphatic rings. The average molecular weight is 497 g/mol. The van der Waals surface area contributed by atoms with Crippen LogP contribution in [0.3, 0.4) is 0 Å². The van der Waals surface area contributed by atoms with Crippen molar-refractivity contribution in [3.63, 3.8) is 0 Å². The minimum Gasteiger partial charge on any atom is -0.496 e. The van der Waals surface area contributed by atoms with Gasteiger partial charge in [0.1, 0.15) is 10.8 Å². The summed E-state index contributed by atoms with van der Waals surface area (Å²) in [5, 5.41) is 3.85. The number of methoxy groups -OCH3 is 1. The van der Waals surface area contributed by atoms with Crippen LogP contribution < -0.4 is 10.1 Å². The molecule has 2 aromatic carbocycles. The van der Waals surface area contributed by atoms with Gasteiger partial charge >= 0.3 is 0 Å². The minimum atomic E-state index is -0.0765. The summed E-state index contributed by atoms with van der Waals surface area (Å²) in [7, 11) is 1.65. The van der Waals surface area contributed by atoms with E-state index in [1.807, 2.05) is 54.7 Å². The van der Waals surface area contributed by atoms with Crippen LogP contribution in [0.15, 0.2) is 58.0 Å². The van der Waals surface area contributed by atoms with E-state index in [1.165, 1.54) is 29.7 Å². The summed E-state index contributed by atoms with van der Waals surface area (Å²) in [5.41, 5.74) is 3.66. The molecule has 3 aromatic rings. The highest BCUT2D eigenvalue weighted by molar-refractivity contribution is 9.10. The number of rotatable bonds is 5. The molecule has 1 aromatic heterocycles. The van der Waals surface area contributed by atoms with Crippen molar-refractivity contribution in [1.29, 1.82) is 0 Å². The van der Waals surface area contributed by atoms with Crippen molar-refractivity contribution < 1.29 is 9.53 Å². The first kappa shape index (κ1) is 21.8. The number of anilines is 1. The predicted molar refractivity (Wildman–Crippen MR) is 133 cm³/mol. The lowest BCUT2D eigenvalue weighted by molar-refractivity contribution is 0.102. The van der Waals surface area contributed by atoms with Crippen LogP contribution >= 0.6 is 27.3 Å². The highest BCUT2D eigenvalue weighted by Crippen LogP contribution is 2.39. The Morgan fingerprint density at radius 1 is 1.10 bits per heavy atom. The summed E-state index contributed by atoms with van der Waals surface area (Å²) < 4.78 is 6.18. The van der Waals surface area contributed by atoms with Crippen molar-refractivity contribution in [2.75, 3.05) is 12.4 Å². The molecular formula is C25H25BrN2O2S. The number of fused-ring (bicyclic) bond motifs is 1. The van der Waals surface area contributed by atoms with Crippen molar-refractivity contribution in [2.24, 2.45) is 4.99 Å². The van der Waals surface area contributed by atoms with Gasteiger partial charge in [0.15, 0.2) is 0 Å². The van der Waals surface area contributed by atoms with Crippen LogP contribution in [0.1, 0.15) is 52.0 Å². The second-order valence-electron chi connectivity index (χ2n) is 7.57. The zero-order valence-electron chi connectivity index (χ0n) is 17.5. The molecule has 0 spiro atoms. The fourth-order valence-electron chi connectivity index (χ4n) is 3.84. The van der Waals surface area contributed by atoms with Crippen LogP contribution in [-0.4, -0.2) is 19.2 Å². The van der Waals surface area contributed by atoms with Crippen LogP contribution in [0.2, 0.25) is 0 Å². The van der Waals surface area contributed by atoms with Crippen LogP contribution in [0.5, 0.6) is 5.75 Å². The number of aliphatic imine (C=N–C) groups is 1. The average Bonchev–Trinajstić information content (AvgIpc) is 3.09. The number of benzene rings is 2. The first-order valence-electron chi connectivity index (χ1n) is 10.5. The fourth-order valence-corrected chi connectivity index (χ4v) is 5.63. The molecule has 1 heterocycles. The molecule has 6 heteroatoms. The molecule has 0 aliphatic heterocycles. The molecule has 1 aliphatic carbocycles. The number of carbonyl (C=O) groups is 1. The molecule has 0 radical (unpaired) electrons. The number of thiophene rings is 1. The van der Waals surface area contributed by atoms with Gasteiger partial charge in [-0.25, -0.2) is 4.99 Å². The van der Waals surface area contributed by atoms with E-state index in [2.05, 4.69) is 21.2 Å². The highest BCUT2D eigenvalue weighted by Gasteiger charge is 2.24. The topological polar surface area (TPSA) is 50.7 Å². The summed E-state index contributed by atoms with van der Waals surface area (Å²) in [5.74, 6) is 0.700. The van der Waals surface area contributed by atoms with Crippen molar-refractivity contribution >= 4 is 50.1 Å². The van der Waals surface area contributed by atoms with Crippen LogP contribution in [0.4, 0.5) is 10.7 Å². The van der Waals surface area contributed by atoms with Gasteiger partial charge in [0, 0.05) is 16.8 Å². The lowest BCUT2D eigenvalue weighted by Gasteiger charge is -2.12. The van der Waals surface area contributed by atoms with Gasteiger partial charge in [-0.1, -0.05) is 31.0 Å². The quantitative estimate of drug-likeness (QED) is 0.380. The van der Waals surface area contributed by atoms with Crippen molar-refractivity contribution in [1.82, 2.24) is 0 Å². The van der Waals surface area contributed by atoms with Gasteiger partial charge in [-0.2, -0.15) is 0 Å². The van der Waals surface area contributed by atoms with E-state index in [9.17, 15) is 4.79 Å². The number of ether oxygens (including phenoxy) is 1. The smallest absolute Gasteiger partial charge is 0.259 e. The van der Waals surface area contributed by atoms with Gasteiger partial charge < -0.3 is 10.1 Å². The van der Waals surface area contributed by atoms with Gasteiger partial charge in [-0.3, -0.25) is 4.79 Å². The third-order valence-corrected chi connectivity index (χ3v) is 7.24. The van der Waals surface area contributed by atoms with E-state index in [4.69, 9.17) is 9.73 Å². The van der Waals surface area contributed by atoms with E-state index in [0.717, 1.165) is 51.3 Å². The molecule has 1 amide bonds. The number of carbonyl (C=O) groups excluding carboxylic acids is 1. The highest BCUT2D eigenvalue weighted by atomic mass is 79.9. The Kier molecular flexibility index (Phi) is 7.20. The summed E-state index contributed by atoms with van der Waals surface area (Å²) in [4.78, 5) is 19.4. The second kappa shape index (κ2) is 10.2. The molecule has 0 saturated carbocycles. The molecule has 160 valence electrons. The largest absolute Gasteiger partial charge is 0.496 e. The summed E-state index contributed by atoms with van der Waals surface area (Å²) >= 11 is 5.18. The SMILES string of the molecule is COc1ccc(C=Nc2sc3c(c2C(=O)Nc2ccccc2)CCCCCC3)cc1Br. The van der Waals surface area contributed by atoms with Gasteiger partial charge in [0.05, 0.1) is 17.1 Å². The zero-order chi connectivity index (χ0) is 21.6. The number of nitrogens with one attached hydrogen (secondary N) is 1. The lowest BCUT2D eigenvalue weighted by Crippen LogP contribution is -2.14. The number of amides is 1. The van der Waals surface area contributed by atoms with Crippen LogP contribution in [0.25, 0.3) is 0 Å². The minimum absolute atomic E-state index is 0.0765. The maximum Gasteiger partial charge on any atom is 0.259 e. The number of para-hydroxylation sites is 1. The standard InChI is InChI=1S/C25H25BrN2O2S/c1-30-21-14-13-17(15-20(21)26)16-27-25-23(24(29)28-18-9-5-4-6-10-18)19-11-7-2-3-8-12-22(19)31-25/h4-6,9-10,13-16H,2-3,7-8,11-12H2,1H3,(H,28,29). The second-order valence-corrected chi connectivity index (χ2v) is 9.51. The first-order valence-corrected chi connectivity index (χ1v) is 12.1. The summed E-state index contributed by atoms with van der Waals surface area (Å²) in [6.07, 6.45) is 8.53. The Labute approximate surface area is 195 Å². The zero-order valence-corrected chi connectivity index (χ0v) is 19.9. The van der Waals surface area contributed by atoms with Gasteiger partial charge in [-0.05, 0) is 83.1 Å². The number of hydrogen-bond acceptors (Lipinski definition) is 4. The van der Waals surface area contributed by atoms with Crippen molar-refractivity contribution in [2.45, 2.75) is 38.5 Å².